The van der Waals surface area contributed by atoms with E-state index in [4.69, 9.17) is 0 Å². The Kier molecular flexibility index (Phi) is 2.99. The average molecular weight is 217 g/mol. The zero-order valence-corrected chi connectivity index (χ0v) is 10.0. The van der Waals surface area contributed by atoms with Gasteiger partial charge in [0.2, 0.25) is 5.91 Å². The number of benzene rings is 1. The molecule has 0 saturated heterocycles. The van der Waals surface area contributed by atoms with Crippen molar-refractivity contribution in [3.8, 4) is 0 Å². The maximum absolute atomic E-state index is 11.8. The molecule has 0 atom stereocenters. The van der Waals surface area contributed by atoms with Crippen LogP contribution >= 0.6 is 0 Å². The summed E-state index contributed by atoms with van der Waals surface area (Å²) in [5.41, 5.74) is 2.15. The number of hydrogen-bond donors (Lipinski definition) is 1. The summed E-state index contributed by atoms with van der Waals surface area (Å²) in [4.78, 5) is 11.8. The van der Waals surface area contributed by atoms with Crippen LogP contribution in [0.25, 0.3) is 0 Å². The first-order valence-corrected chi connectivity index (χ1v) is 6.04. The lowest BCUT2D eigenvalue weighted by molar-refractivity contribution is -0.120. The van der Waals surface area contributed by atoms with Crippen LogP contribution in [0.5, 0.6) is 0 Å². The van der Waals surface area contributed by atoms with Gasteiger partial charge in [0.05, 0.1) is 0 Å². The minimum absolute atomic E-state index is 0.0951. The molecular weight excluding hydrogens is 198 g/mol. The van der Waals surface area contributed by atoms with Gasteiger partial charge in [0.15, 0.2) is 0 Å². The van der Waals surface area contributed by atoms with Crippen molar-refractivity contribution < 1.29 is 4.79 Å². The summed E-state index contributed by atoms with van der Waals surface area (Å²) in [6.07, 6.45) is 4.30. The summed E-state index contributed by atoms with van der Waals surface area (Å²) in [6.45, 7) is 4.19. The normalized spacial score (nSPS) is 16.9. The fourth-order valence-corrected chi connectivity index (χ4v) is 1.74. The van der Waals surface area contributed by atoms with E-state index in [9.17, 15) is 4.79 Å². The second-order valence-electron chi connectivity index (χ2n) is 4.96. The van der Waals surface area contributed by atoms with Crippen molar-refractivity contribution in [3.05, 3.63) is 29.8 Å². The zero-order valence-electron chi connectivity index (χ0n) is 10.0. The van der Waals surface area contributed by atoms with E-state index in [1.165, 1.54) is 5.56 Å². The Hall–Kier alpha value is -1.31. The summed E-state index contributed by atoms with van der Waals surface area (Å²) < 4.78 is 0. The number of rotatable bonds is 4. The predicted molar refractivity (Wildman–Crippen MR) is 66.4 cm³/mol. The molecule has 86 valence electrons. The summed E-state index contributed by atoms with van der Waals surface area (Å²) in [6, 6.07) is 8.17. The third-order valence-electron chi connectivity index (χ3n) is 3.30. The third-order valence-corrected chi connectivity index (χ3v) is 3.30. The lowest BCUT2D eigenvalue weighted by atomic mass is 10.1. The number of carbonyl (C=O) groups is 1. The topological polar surface area (TPSA) is 29.1 Å². The quantitative estimate of drug-likeness (QED) is 0.823. The van der Waals surface area contributed by atoms with E-state index in [0.717, 1.165) is 31.4 Å². The molecule has 2 heteroatoms. The van der Waals surface area contributed by atoms with Gasteiger partial charge >= 0.3 is 0 Å². The van der Waals surface area contributed by atoms with E-state index in [0.29, 0.717) is 0 Å². The Balaban J connectivity index is 1.97. The number of nitrogens with one attached hydrogen (secondary N) is 1. The number of carbonyl (C=O) groups excluding carboxylic acids is 1. The van der Waals surface area contributed by atoms with Crippen LogP contribution in [0.15, 0.2) is 24.3 Å². The van der Waals surface area contributed by atoms with Crippen LogP contribution < -0.4 is 5.32 Å². The highest BCUT2D eigenvalue weighted by atomic mass is 16.2. The van der Waals surface area contributed by atoms with Gasteiger partial charge in [-0.05, 0) is 37.0 Å². The highest BCUT2D eigenvalue weighted by Gasteiger charge is 2.44. The minimum Gasteiger partial charge on any atom is -0.326 e. The molecule has 0 spiro atoms. The van der Waals surface area contributed by atoms with Gasteiger partial charge in [0.1, 0.15) is 0 Å². The fraction of sp³-hybridized carbons (Fsp3) is 0.500. The molecule has 1 aromatic rings. The van der Waals surface area contributed by atoms with Gasteiger partial charge in [0, 0.05) is 11.1 Å². The van der Waals surface area contributed by atoms with Crippen LogP contribution in [0.4, 0.5) is 5.69 Å². The summed E-state index contributed by atoms with van der Waals surface area (Å²) in [5, 5.41) is 2.97. The molecule has 1 fully saturated rings. The zero-order chi connectivity index (χ0) is 11.6. The number of aryl methyl sites for hydroxylation is 1. The van der Waals surface area contributed by atoms with E-state index in [-0.39, 0.29) is 11.3 Å². The Bertz CT molecular complexity index is 376. The molecular formula is C14H19NO. The highest BCUT2D eigenvalue weighted by molar-refractivity contribution is 5.96. The maximum Gasteiger partial charge on any atom is 0.230 e. The second kappa shape index (κ2) is 4.28. The van der Waals surface area contributed by atoms with Crippen LogP contribution in [-0.2, 0) is 11.2 Å². The largest absolute Gasteiger partial charge is 0.326 e. The van der Waals surface area contributed by atoms with Crippen molar-refractivity contribution in [2.24, 2.45) is 5.41 Å². The predicted octanol–water partition coefficient (Wildman–Crippen LogP) is 3.38. The van der Waals surface area contributed by atoms with Gasteiger partial charge in [-0.2, -0.15) is 0 Å². The van der Waals surface area contributed by atoms with Crippen molar-refractivity contribution >= 4 is 11.6 Å². The van der Waals surface area contributed by atoms with Crippen molar-refractivity contribution in [3.63, 3.8) is 0 Å². The van der Waals surface area contributed by atoms with Gasteiger partial charge in [-0.1, -0.05) is 32.4 Å². The van der Waals surface area contributed by atoms with Crippen LogP contribution in [-0.4, -0.2) is 5.91 Å². The van der Waals surface area contributed by atoms with E-state index >= 15 is 0 Å². The maximum atomic E-state index is 11.8. The Morgan fingerprint density at radius 3 is 2.44 bits per heavy atom. The Morgan fingerprint density at radius 2 is 1.94 bits per heavy atom. The minimum atomic E-state index is -0.0951. The van der Waals surface area contributed by atoms with Crippen molar-refractivity contribution in [1.82, 2.24) is 0 Å². The van der Waals surface area contributed by atoms with Gasteiger partial charge in [-0.3, -0.25) is 4.79 Å². The first kappa shape index (κ1) is 11.2. The molecule has 16 heavy (non-hydrogen) atoms. The molecule has 0 unspecified atom stereocenters. The third kappa shape index (κ3) is 2.43. The standard InChI is InChI=1S/C14H19NO/c1-3-4-11-5-7-12(8-6-11)15-13(16)14(2)9-10-14/h5-8H,3-4,9-10H2,1-2H3,(H,15,16). The number of hydrogen-bond acceptors (Lipinski definition) is 1. The summed E-state index contributed by atoms with van der Waals surface area (Å²) in [5.74, 6) is 0.163. The van der Waals surface area contributed by atoms with E-state index < -0.39 is 0 Å². The van der Waals surface area contributed by atoms with Crippen LogP contribution in [0.1, 0.15) is 38.7 Å². The SMILES string of the molecule is CCCc1ccc(NC(=O)C2(C)CC2)cc1. The molecule has 1 saturated carbocycles. The van der Waals surface area contributed by atoms with Crippen molar-refractivity contribution in [2.45, 2.75) is 39.5 Å². The summed E-state index contributed by atoms with van der Waals surface area (Å²) in [7, 11) is 0. The number of amides is 1. The first-order valence-electron chi connectivity index (χ1n) is 6.04. The molecule has 0 heterocycles. The second-order valence-corrected chi connectivity index (χ2v) is 4.96. The molecule has 2 rings (SSSR count). The molecule has 0 radical (unpaired) electrons. The molecule has 1 amide bonds. The summed E-state index contributed by atoms with van der Waals surface area (Å²) >= 11 is 0. The van der Waals surface area contributed by atoms with Crippen molar-refractivity contribution in [2.75, 3.05) is 5.32 Å². The first-order chi connectivity index (χ1) is 7.64. The van der Waals surface area contributed by atoms with Crippen LogP contribution in [0.3, 0.4) is 0 Å². The molecule has 0 bridgehead atoms. The Morgan fingerprint density at radius 1 is 1.31 bits per heavy atom. The van der Waals surface area contributed by atoms with E-state index in [2.05, 4.69) is 24.4 Å². The van der Waals surface area contributed by atoms with Gasteiger partial charge < -0.3 is 5.32 Å². The van der Waals surface area contributed by atoms with Crippen LogP contribution in [0.2, 0.25) is 0 Å². The molecule has 1 aliphatic rings. The van der Waals surface area contributed by atoms with E-state index in [1.807, 2.05) is 19.1 Å². The lowest BCUT2D eigenvalue weighted by Crippen LogP contribution is -2.21. The Labute approximate surface area is 97.1 Å². The lowest BCUT2D eigenvalue weighted by Gasteiger charge is -2.10. The van der Waals surface area contributed by atoms with Gasteiger partial charge in [0.25, 0.3) is 0 Å². The number of anilines is 1. The van der Waals surface area contributed by atoms with E-state index in [1.54, 1.807) is 0 Å². The monoisotopic (exact) mass is 217 g/mol. The van der Waals surface area contributed by atoms with Crippen LogP contribution in [0, 0.1) is 5.41 Å². The van der Waals surface area contributed by atoms with Crippen molar-refractivity contribution in [1.29, 1.82) is 0 Å². The average Bonchev–Trinajstić information content (AvgIpc) is 3.01. The molecule has 0 aliphatic heterocycles. The molecule has 1 N–H and O–H groups in total. The molecule has 1 aliphatic carbocycles. The highest BCUT2D eigenvalue weighted by Crippen LogP contribution is 2.45. The van der Waals surface area contributed by atoms with Gasteiger partial charge in [-0.15, -0.1) is 0 Å². The fourth-order valence-electron chi connectivity index (χ4n) is 1.74. The molecule has 2 nitrogen and oxygen atoms in total. The molecule has 0 aromatic heterocycles. The van der Waals surface area contributed by atoms with Gasteiger partial charge in [-0.25, -0.2) is 0 Å². The smallest absolute Gasteiger partial charge is 0.230 e. The molecule has 1 aromatic carbocycles.